The standard InChI is InChI=1S/C22H18ClF4N3O3/c1-11-10-13(33-22(25,26)27)4-6-15(11)29-17-7-5-14(23)20(24)19(17)21(31)30-16-8-9-18(32-3)28-12(16)2/h4-10,29H,1-3H3,(H,30,31). The van der Waals surface area contributed by atoms with Crippen LogP contribution in [0.2, 0.25) is 5.02 Å². The van der Waals surface area contributed by atoms with Crippen molar-refractivity contribution in [3.05, 3.63) is 70.1 Å². The number of hydrogen-bond acceptors (Lipinski definition) is 5. The number of pyridine rings is 1. The molecule has 2 aromatic carbocycles. The smallest absolute Gasteiger partial charge is 0.481 e. The molecule has 174 valence electrons. The van der Waals surface area contributed by atoms with Gasteiger partial charge in [-0.05, 0) is 55.8 Å². The molecule has 0 saturated heterocycles. The minimum Gasteiger partial charge on any atom is -0.481 e. The van der Waals surface area contributed by atoms with Crippen LogP contribution in [-0.4, -0.2) is 24.4 Å². The monoisotopic (exact) mass is 483 g/mol. The number of benzene rings is 2. The number of methoxy groups -OCH3 is 1. The summed E-state index contributed by atoms with van der Waals surface area (Å²) >= 11 is 5.89. The Morgan fingerprint density at radius 3 is 2.30 bits per heavy atom. The minimum atomic E-state index is -4.83. The van der Waals surface area contributed by atoms with Crippen molar-refractivity contribution in [1.82, 2.24) is 4.98 Å². The fraction of sp³-hybridized carbons (Fsp3) is 0.182. The zero-order valence-electron chi connectivity index (χ0n) is 17.6. The Labute approximate surface area is 191 Å². The molecule has 6 nitrogen and oxygen atoms in total. The van der Waals surface area contributed by atoms with Crippen molar-refractivity contribution < 1.29 is 31.8 Å². The first-order chi connectivity index (χ1) is 15.5. The van der Waals surface area contributed by atoms with Crippen molar-refractivity contribution in [2.24, 2.45) is 0 Å². The van der Waals surface area contributed by atoms with E-state index < -0.39 is 23.8 Å². The average Bonchev–Trinajstić information content (AvgIpc) is 2.73. The summed E-state index contributed by atoms with van der Waals surface area (Å²) in [6.07, 6.45) is -4.83. The molecule has 0 radical (unpaired) electrons. The Balaban J connectivity index is 1.92. The molecule has 0 saturated carbocycles. The number of ether oxygens (including phenoxy) is 2. The molecule has 1 amide bonds. The summed E-state index contributed by atoms with van der Waals surface area (Å²) in [6.45, 7) is 3.17. The fourth-order valence-electron chi connectivity index (χ4n) is 2.96. The first-order valence-corrected chi connectivity index (χ1v) is 9.80. The number of anilines is 3. The highest BCUT2D eigenvalue weighted by atomic mass is 35.5. The molecule has 0 aliphatic heterocycles. The van der Waals surface area contributed by atoms with Crippen LogP contribution < -0.4 is 20.1 Å². The third kappa shape index (κ3) is 5.83. The second-order valence-corrected chi connectivity index (χ2v) is 7.28. The van der Waals surface area contributed by atoms with Crippen molar-refractivity contribution in [2.75, 3.05) is 17.7 Å². The molecule has 0 bridgehead atoms. The number of rotatable bonds is 6. The molecule has 1 heterocycles. The predicted octanol–water partition coefficient (Wildman–Crippen LogP) is 6.39. The second kappa shape index (κ2) is 9.53. The summed E-state index contributed by atoms with van der Waals surface area (Å²) in [5, 5.41) is 5.17. The van der Waals surface area contributed by atoms with Crippen molar-refractivity contribution in [3.63, 3.8) is 0 Å². The van der Waals surface area contributed by atoms with E-state index in [1.54, 1.807) is 13.0 Å². The molecule has 0 aliphatic rings. The highest BCUT2D eigenvalue weighted by molar-refractivity contribution is 6.31. The number of nitrogens with one attached hydrogen (secondary N) is 2. The van der Waals surface area contributed by atoms with Crippen LogP contribution in [0.4, 0.5) is 34.6 Å². The normalized spacial score (nSPS) is 11.2. The number of amides is 1. The van der Waals surface area contributed by atoms with Gasteiger partial charge in [0.2, 0.25) is 5.88 Å². The average molecular weight is 484 g/mol. The maximum atomic E-state index is 14.9. The van der Waals surface area contributed by atoms with Crippen LogP contribution >= 0.6 is 11.6 Å². The van der Waals surface area contributed by atoms with E-state index in [4.69, 9.17) is 16.3 Å². The summed E-state index contributed by atoms with van der Waals surface area (Å²) in [5.41, 5.74) is 1.15. The van der Waals surface area contributed by atoms with Gasteiger partial charge in [0.1, 0.15) is 11.3 Å². The van der Waals surface area contributed by atoms with Gasteiger partial charge in [0, 0.05) is 11.8 Å². The highest BCUT2D eigenvalue weighted by Crippen LogP contribution is 2.32. The third-order valence-electron chi connectivity index (χ3n) is 4.54. The number of nitrogens with zero attached hydrogens (tertiary/aromatic N) is 1. The summed E-state index contributed by atoms with van der Waals surface area (Å²) < 4.78 is 61.1. The number of alkyl halides is 3. The SMILES string of the molecule is COc1ccc(NC(=O)c2c(Nc3ccc(OC(F)(F)F)cc3C)ccc(Cl)c2F)c(C)n1. The van der Waals surface area contributed by atoms with E-state index in [1.165, 1.54) is 38.3 Å². The summed E-state index contributed by atoms with van der Waals surface area (Å²) in [5.74, 6) is -1.83. The quantitative estimate of drug-likeness (QED) is 0.397. The molecule has 0 atom stereocenters. The zero-order valence-corrected chi connectivity index (χ0v) is 18.4. The van der Waals surface area contributed by atoms with Gasteiger partial charge in [0.15, 0.2) is 5.82 Å². The van der Waals surface area contributed by atoms with Gasteiger partial charge in [-0.3, -0.25) is 4.79 Å². The number of carbonyl (C=O) groups excluding carboxylic acids is 1. The molecule has 2 N–H and O–H groups in total. The van der Waals surface area contributed by atoms with Crippen LogP contribution in [0.5, 0.6) is 11.6 Å². The predicted molar refractivity (Wildman–Crippen MR) is 116 cm³/mol. The molecule has 0 fully saturated rings. The van der Waals surface area contributed by atoms with Crippen LogP contribution in [0, 0.1) is 19.7 Å². The van der Waals surface area contributed by atoms with E-state index >= 15 is 0 Å². The molecule has 0 aliphatic carbocycles. The lowest BCUT2D eigenvalue weighted by Crippen LogP contribution is -2.18. The van der Waals surface area contributed by atoms with Crippen molar-refractivity contribution in [1.29, 1.82) is 0 Å². The summed E-state index contributed by atoms with van der Waals surface area (Å²) in [7, 11) is 1.45. The molecule has 11 heteroatoms. The van der Waals surface area contributed by atoms with E-state index in [-0.39, 0.29) is 16.3 Å². The van der Waals surface area contributed by atoms with Crippen LogP contribution in [0.3, 0.4) is 0 Å². The zero-order chi connectivity index (χ0) is 24.3. The van der Waals surface area contributed by atoms with E-state index in [0.29, 0.717) is 28.5 Å². The van der Waals surface area contributed by atoms with Gasteiger partial charge < -0.3 is 20.1 Å². The van der Waals surface area contributed by atoms with Crippen LogP contribution in [0.1, 0.15) is 21.6 Å². The van der Waals surface area contributed by atoms with E-state index in [1.807, 2.05) is 0 Å². The molecule has 1 aromatic heterocycles. The van der Waals surface area contributed by atoms with E-state index in [2.05, 4.69) is 20.4 Å². The number of hydrogen-bond donors (Lipinski definition) is 2. The molecule has 3 rings (SSSR count). The lowest BCUT2D eigenvalue weighted by atomic mass is 10.1. The largest absolute Gasteiger partial charge is 0.573 e. The Hall–Kier alpha value is -3.53. The minimum absolute atomic E-state index is 0.0566. The summed E-state index contributed by atoms with van der Waals surface area (Å²) in [6, 6.07) is 9.31. The lowest BCUT2D eigenvalue weighted by Gasteiger charge is -2.17. The molecular weight excluding hydrogens is 466 g/mol. The maximum Gasteiger partial charge on any atom is 0.573 e. The Morgan fingerprint density at radius 1 is 1.03 bits per heavy atom. The van der Waals surface area contributed by atoms with Crippen LogP contribution in [0.15, 0.2) is 42.5 Å². The molecular formula is C22H18ClF4N3O3. The van der Waals surface area contributed by atoms with E-state index in [0.717, 1.165) is 12.1 Å². The Kier molecular flexibility index (Phi) is 6.97. The first kappa shape index (κ1) is 24.1. The summed E-state index contributed by atoms with van der Waals surface area (Å²) in [4.78, 5) is 17.1. The van der Waals surface area contributed by atoms with Gasteiger partial charge in [-0.1, -0.05) is 11.6 Å². The Bertz CT molecular complexity index is 1200. The van der Waals surface area contributed by atoms with Crippen LogP contribution in [0.25, 0.3) is 0 Å². The van der Waals surface area contributed by atoms with Crippen LogP contribution in [-0.2, 0) is 0 Å². The topological polar surface area (TPSA) is 72.5 Å². The fourth-order valence-corrected chi connectivity index (χ4v) is 3.12. The highest BCUT2D eigenvalue weighted by Gasteiger charge is 2.31. The first-order valence-electron chi connectivity index (χ1n) is 9.43. The number of carbonyl (C=O) groups is 1. The van der Waals surface area contributed by atoms with Crippen molar-refractivity contribution in [3.8, 4) is 11.6 Å². The third-order valence-corrected chi connectivity index (χ3v) is 4.83. The van der Waals surface area contributed by atoms with Gasteiger partial charge in [-0.2, -0.15) is 0 Å². The van der Waals surface area contributed by atoms with Gasteiger partial charge in [-0.15, -0.1) is 13.2 Å². The second-order valence-electron chi connectivity index (χ2n) is 6.87. The lowest BCUT2D eigenvalue weighted by molar-refractivity contribution is -0.274. The van der Waals surface area contributed by atoms with E-state index in [9.17, 15) is 22.4 Å². The van der Waals surface area contributed by atoms with Crippen molar-refractivity contribution >= 4 is 34.6 Å². The number of halogens is 5. The molecule has 3 aromatic rings. The van der Waals surface area contributed by atoms with Gasteiger partial charge in [-0.25, -0.2) is 9.37 Å². The molecule has 0 unspecified atom stereocenters. The van der Waals surface area contributed by atoms with Gasteiger partial charge in [0.05, 0.1) is 29.2 Å². The number of aryl methyl sites for hydroxylation is 2. The van der Waals surface area contributed by atoms with Crippen molar-refractivity contribution in [2.45, 2.75) is 20.2 Å². The Morgan fingerprint density at radius 2 is 1.70 bits per heavy atom. The number of aromatic nitrogens is 1. The van der Waals surface area contributed by atoms with Gasteiger partial charge in [0.25, 0.3) is 5.91 Å². The maximum absolute atomic E-state index is 14.9. The molecule has 33 heavy (non-hydrogen) atoms. The van der Waals surface area contributed by atoms with Gasteiger partial charge >= 0.3 is 6.36 Å². The molecule has 0 spiro atoms.